The number of carboxylic acid groups (broad SMARTS) is 1. The number of aromatic nitrogens is 6. The van der Waals surface area contributed by atoms with Crippen LogP contribution in [0, 0.1) is 6.92 Å². The molecular weight excluding hydrogens is 392 g/mol. The number of carbonyl (C=O) groups is 1. The number of aryl methyl sites for hydroxylation is 1. The second kappa shape index (κ2) is 7.66. The molecule has 1 aromatic carbocycles. The predicted molar refractivity (Wildman–Crippen MR) is 105 cm³/mol. The van der Waals surface area contributed by atoms with Crippen LogP contribution in [0.25, 0.3) is 11.0 Å². The van der Waals surface area contributed by atoms with Gasteiger partial charge in [-0.05, 0) is 12.1 Å². The van der Waals surface area contributed by atoms with Crippen molar-refractivity contribution in [2.75, 3.05) is 18.2 Å². The van der Waals surface area contributed by atoms with Crippen molar-refractivity contribution >= 4 is 28.8 Å². The maximum absolute atomic E-state index is 11.2. The lowest BCUT2D eigenvalue weighted by Crippen LogP contribution is -2.10. The van der Waals surface area contributed by atoms with Gasteiger partial charge in [0.1, 0.15) is 16.8 Å². The van der Waals surface area contributed by atoms with Crippen molar-refractivity contribution in [1.29, 1.82) is 0 Å². The summed E-state index contributed by atoms with van der Waals surface area (Å²) in [4.78, 5) is 23.9. The molecule has 0 atom stereocenters. The molecule has 0 radical (unpaired) electrons. The van der Waals surface area contributed by atoms with Crippen LogP contribution in [0.15, 0.2) is 28.9 Å². The minimum atomic E-state index is -1.03. The number of benzene rings is 1. The molecule has 12 heteroatoms. The van der Waals surface area contributed by atoms with Crippen LogP contribution < -0.4 is 15.8 Å². The van der Waals surface area contributed by atoms with Crippen LogP contribution in [0.2, 0.25) is 0 Å². The molecule has 4 aromatic rings. The fourth-order valence-electron chi connectivity index (χ4n) is 3.01. The van der Waals surface area contributed by atoms with Crippen molar-refractivity contribution in [3.05, 3.63) is 47.2 Å². The van der Waals surface area contributed by atoms with E-state index in [4.69, 9.17) is 15.0 Å². The molecule has 12 nitrogen and oxygen atoms in total. The van der Waals surface area contributed by atoms with Gasteiger partial charge in [-0.2, -0.15) is 15.1 Å². The summed E-state index contributed by atoms with van der Waals surface area (Å²) in [6, 6.07) is 4.66. The van der Waals surface area contributed by atoms with E-state index >= 15 is 0 Å². The molecule has 154 valence electrons. The van der Waals surface area contributed by atoms with Crippen molar-refractivity contribution in [2.45, 2.75) is 20.0 Å². The van der Waals surface area contributed by atoms with Gasteiger partial charge >= 0.3 is 5.97 Å². The smallest absolute Gasteiger partial charge is 0.335 e. The summed E-state index contributed by atoms with van der Waals surface area (Å²) in [6.07, 6.45) is 1.58. The van der Waals surface area contributed by atoms with E-state index in [9.17, 15) is 9.90 Å². The number of rotatable bonds is 7. The lowest BCUT2D eigenvalue weighted by Gasteiger charge is -2.12. The second-order valence-electron chi connectivity index (χ2n) is 6.38. The Bertz CT molecular complexity index is 1230. The van der Waals surface area contributed by atoms with Crippen LogP contribution >= 0.6 is 0 Å². The molecule has 0 aliphatic rings. The Morgan fingerprint density at radius 1 is 1.33 bits per heavy atom. The number of methoxy groups -OCH3 is 1. The molecule has 0 amide bonds. The zero-order valence-corrected chi connectivity index (χ0v) is 16.2. The van der Waals surface area contributed by atoms with Gasteiger partial charge in [0.2, 0.25) is 11.8 Å². The molecule has 0 unspecified atom stereocenters. The topological polar surface area (TPSA) is 167 Å². The van der Waals surface area contributed by atoms with E-state index in [1.807, 2.05) is 0 Å². The summed E-state index contributed by atoms with van der Waals surface area (Å²) >= 11 is 0. The van der Waals surface area contributed by atoms with Gasteiger partial charge in [0, 0.05) is 12.5 Å². The number of nitrogen functional groups attached to an aromatic ring is 1. The van der Waals surface area contributed by atoms with Gasteiger partial charge in [-0.25, -0.2) is 9.78 Å². The summed E-state index contributed by atoms with van der Waals surface area (Å²) in [5, 5.41) is 20.5. The normalized spacial score (nSPS) is 11.0. The number of carboxylic acids is 1. The Labute approximate surface area is 169 Å². The molecule has 0 saturated heterocycles. The molecule has 30 heavy (non-hydrogen) atoms. The second-order valence-corrected chi connectivity index (χ2v) is 6.38. The minimum Gasteiger partial charge on any atom is -0.496 e. The summed E-state index contributed by atoms with van der Waals surface area (Å²) in [5.41, 5.74) is 7.87. The lowest BCUT2D eigenvalue weighted by molar-refractivity contribution is 0.0696. The van der Waals surface area contributed by atoms with Crippen LogP contribution in [0.1, 0.15) is 27.6 Å². The molecule has 0 fully saturated rings. The first-order chi connectivity index (χ1) is 14.4. The highest BCUT2D eigenvalue weighted by Gasteiger charge is 2.16. The average molecular weight is 410 g/mol. The molecule has 3 aromatic heterocycles. The standard InChI is InChI=1S/C18H18N8O4/c1-9-22-14(25-30-9)7-20-16-15-12(23-18(19)24-16)6-21-26(15)8-11-4-3-10(17(27)28)5-13(11)29-2/h3-6H,7-8H2,1-2H3,(H,27,28)(H3,19,20,23,24). The molecule has 0 spiro atoms. The Hall–Kier alpha value is -4.22. The van der Waals surface area contributed by atoms with Crippen LogP contribution in [0.4, 0.5) is 11.8 Å². The quantitative estimate of drug-likeness (QED) is 0.403. The van der Waals surface area contributed by atoms with Gasteiger partial charge in [-0.3, -0.25) is 4.68 Å². The van der Waals surface area contributed by atoms with Crippen LogP contribution in [0.5, 0.6) is 5.75 Å². The zero-order chi connectivity index (χ0) is 21.3. The van der Waals surface area contributed by atoms with Gasteiger partial charge in [-0.1, -0.05) is 11.2 Å². The number of nitrogens with zero attached hydrogens (tertiary/aromatic N) is 6. The SMILES string of the molecule is COc1cc(C(=O)O)ccc1Cn1ncc2nc(N)nc(NCc3noc(C)n3)c21. The fourth-order valence-corrected chi connectivity index (χ4v) is 3.01. The lowest BCUT2D eigenvalue weighted by atomic mass is 10.1. The van der Waals surface area contributed by atoms with Gasteiger partial charge in [0.05, 0.1) is 32.0 Å². The number of fused-ring (bicyclic) bond motifs is 1. The van der Waals surface area contributed by atoms with Gasteiger partial charge < -0.3 is 25.4 Å². The third-order valence-corrected chi connectivity index (χ3v) is 4.34. The molecule has 4 N–H and O–H groups in total. The Morgan fingerprint density at radius 3 is 2.87 bits per heavy atom. The number of nitrogens with two attached hydrogens (primary N) is 1. The highest BCUT2D eigenvalue weighted by molar-refractivity contribution is 5.88. The molecule has 0 aliphatic heterocycles. The number of hydrogen-bond donors (Lipinski definition) is 3. The van der Waals surface area contributed by atoms with E-state index in [-0.39, 0.29) is 18.1 Å². The van der Waals surface area contributed by atoms with Crippen molar-refractivity contribution in [2.24, 2.45) is 0 Å². The largest absolute Gasteiger partial charge is 0.496 e. The number of nitrogens with one attached hydrogen (secondary N) is 1. The van der Waals surface area contributed by atoms with E-state index in [1.54, 1.807) is 23.9 Å². The first-order valence-electron chi connectivity index (χ1n) is 8.87. The maximum Gasteiger partial charge on any atom is 0.335 e. The van der Waals surface area contributed by atoms with Crippen molar-refractivity contribution in [1.82, 2.24) is 29.9 Å². The summed E-state index contributed by atoms with van der Waals surface area (Å²) in [5.74, 6) is 0.884. The zero-order valence-electron chi connectivity index (χ0n) is 16.2. The van der Waals surface area contributed by atoms with Crippen LogP contribution in [-0.4, -0.2) is 48.1 Å². The van der Waals surface area contributed by atoms with E-state index in [0.717, 1.165) is 5.56 Å². The molecule has 0 saturated carbocycles. The van der Waals surface area contributed by atoms with Crippen molar-refractivity contribution < 1.29 is 19.2 Å². The van der Waals surface area contributed by atoms with Crippen molar-refractivity contribution in [3.63, 3.8) is 0 Å². The third-order valence-electron chi connectivity index (χ3n) is 4.34. The van der Waals surface area contributed by atoms with Gasteiger partial charge in [-0.15, -0.1) is 0 Å². The highest BCUT2D eigenvalue weighted by Crippen LogP contribution is 2.26. The van der Waals surface area contributed by atoms with E-state index in [0.29, 0.717) is 40.9 Å². The first-order valence-corrected chi connectivity index (χ1v) is 8.87. The summed E-state index contributed by atoms with van der Waals surface area (Å²) < 4.78 is 12.0. The van der Waals surface area contributed by atoms with Gasteiger partial charge in [0.15, 0.2) is 11.6 Å². The van der Waals surface area contributed by atoms with E-state index in [2.05, 4.69) is 30.5 Å². The number of ether oxygens (including phenoxy) is 1. The monoisotopic (exact) mass is 410 g/mol. The third kappa shape index (κ3) is 3.70. The van der Waals surface area contributed by atoms with Crippen LogP contribution in [0.3, 0.4) is 0 Å². The molecule has 4 rings (SSSR count). The van der Waals surface area contributed by atoms with E-state index < -0.39 is 5.97 Å². The number of anilines is 2. The van der Waals surface area contributed by atoms with Gasteiger partial charge in [0.25, 0.3) is 0 Å². The summed E-state index contributed by atoms with van der Waals surface area (Å²) in [6.45, 7) is 2.27. The Kier molecular flexibility index (Phi) is 4.88. The van der Waals surface area contributed by atoms with E-state index in [1.165, 1.54) is 19.2 Å². The fraction of sp³-hybridized carbons (Fsp3) is 0.222. The average Bonchev–Trinajstić information content (AvgIpc) is 3.32. The molecule has 0 aliphatic carbocycles. The maximum atomic E-state index is 11.2. The minimum absolute atomic E-state index is 0.0947. The highest BCUT2D eigenvalue weighted by atomic mass is 16.5. The number of hydrogen-bond acceptors (Lipinski definition) is 10. The number of aromatic carboxylic acids is 1. The van der Waals surface area contributed by atoms with Crippen LogP contribution in [-0.2, 0) is 13.1 Å². The molecular formula is C18H18N8O4. The predicted octanol–water partition coefficient (Wildman–Crippen LogP) is 1.47. The summed E-state index contributed by atoms with van der Waals surface area (Å²) in [7, 11) is 1.48. The molecule has 3 heterocycles. The van der Waals surface area contributed by atoms with Crippen molar-refractivity contribution in [3.8, 4) is 5.75 Å². The first kappa shape index (κ1) is 19.1. The molecule has 0 bridgehead atoms. The Morgan fingerprint density at radius 2 is 2.17 bits per heavy atom. The Balaban J connectivity index is 1.69.